The second-order valence-electron chi connectivity index (χ2n) is 5.26. The van der Waals surface area contributed by atoms with Crippen LogP contribution in [0.1, 0.15) is 0 Å². The number of nitrogens with zero attached hydrogens (tertiary/aromatic N) is 4. The Bertz CT molecular complexity index is 776. The van der Waals surface area contributed by atoms with Crippen LogP contribution in [0.3, 0.4) is 0 Å². The van der Waals surface area contributed by atoms with Crippen molar-refractivity contribution in [3.05, 3.63) is 36.7 Å². The molecule has 7 heteroatoms. The summed E-state index contributed by atoms with van der Waals surface area (Å²) in [6.07, 6.45) is 3.54. The molecule has 1 saturated heterocycles. The zero-order chi connectivity index (χ0) is 14.8. The quantitative estimate of drug-likeness (QED) is 0.679. The summed E-state index contributed by atoms with van der Waals surface area (Å²) in [6, 6.07) is 7.98. The Hall–Kier alpha value is -2.67. The van der Waals surface area contributed by atoms with Gasteiger partial charge in [-0.05, 0) is 18.2 Å². The maximum atomic E-state index is 4.50. The molecule has 0 atom stereocenters. The van der Waals surface area contributed by atoms with Gasteiger partial charge in [-0.2, -0.15) is 5.10 Å². The van der Waals surface area contributed by atoms with E-state index in [4.69, 9.17) is 0 Å². The van der Waals surface area contributed by atoms with Gasteiger partial charge < -0.3 is 15.5 Å². The fourth-order valence-corrected chi connectivity index (χ4v) is 2.64. The lowest BCUT2D eigenvalue weighted by Crippen LogP contribution is -2.43. The summed E-state index contributed by atoms with van der Waals surface area (Å²) in [5.41, 5.74) is 2.94. The first-order valence-corrected chi connectivity index (χ1v) is 7.37. The van der Waals surface area contributed by atoms with Crippen molar-refractivity contribution in [2.45, 2.75) is 0 Å². The predicted molar refractivity (Wildman–Crippen MR) is 86.5 cm³/mol. The molecule has 3 N–H and O–H groups in total. The number of anilines is 3. The van der Waals surface area contributed by atoms with Crippen LogP contribution in [0.4, 0.5) is 17.3 Å². The first kappa shape index (κ1) is 13.0. The van der Waals surface area contributed by atoms with Crippen molar-refractivity contribution < 1.29 is 0 Å². The van der Waals surface area contributed by atoms with Gasteiger partial charge in [-0.15, -0.1) is 0 Å². The van der Waals surface area contributed by atoms with Crippen molar-refractivity contribution in [1.29, 1.82) is 0 Å². The van der Waals surface area contributed by atoms with Crippen LogP contribution >= 0.6 is 0 Å². The van der Waals surface area contributed by atoms with Crippen molar-refractivity contribution in [2.24, 2.45) is 0 Å². The number of fused-ring (bicyclic) bond motifs is 1. The minimum Gasteiger partial charge on any atom is -0.369 e. The van der Waals surface area contributed by atoms with Gasteiger partial charge in [-0.1, -0.05) is 0 Å². The molecule has 0 amide bonds. The highest BCUT2D eigenvalue weighted by Crippen LogP contribution is 2.21. The van der Waals surface area contributed by atoms with E-state index >= 15 is 0 Å². The normalized spacial score (nSPS) is 15.2. The maximum Gasteiger partial charge on any atom is 0.133 e. The van der Waals surface area contributed by atoms with E-state index in [9.17, 15) is 0 Å². The monoisotopic (exact) mass is 295 g/mol. The molecule has 0 spiro atoms. The molecule has 112 valence electrons. The molecular formula is C15H17N7. The second-order valence-corrected chi connectivity index (χ2v) is 5.26. The van der Waals surface area contributed by atoms with Gasteiger partial charge in [0, 0.05) is 44.1 Å². The highest BCUT2D eigenvalue weighted by molar-refractivity contribution is 5.76. The van der Waals surface area contributed by atoms with Crippen molar-refractivity contribution in [1.82, 2.24) is 25.5 Å². The predicted octanol–water partition coefficient (Wildman–Crippen LogP) is 1.51. The van der Waals surface area contributed by atoms with Crippen LogP contribution in [-0.4, -0.2) is 46.3 Å². The number of hydrogen-bond acceptors (Lipinski definition) is 6. The zero-order valence-electron chi connectivity index (χ0n) is 12.1. The molecule has 1 aliphatic rings. The smallest absolute Gasteiger partial charge is 0.133 e. The minimum absolute atomic E-state index is 0.763. The summed E-state index contributed by atoms with van der Waals surface area (Å²) in [5, 5.41) is 13.5. The van der Waals surface area contributed by atoms with Gasteiger partial charge in [-0.3, -0.25) is 5.10 Å². The molecule has 4 heterocycles. The van der Waals surface area contributed by atoms with Crippen LogP contribution in [0.15, 0.2) is 36.7 Å². The first-order valence-electron chi connectivity index (χ1n) is 7.37. The number of rotatable bonds is 3. The summed E-state index contributed by atoms with van der Waals surface area (Å²) in [5.74, 6) is 1.56. The molecule has 1 aliphatic heterocycles. The largest absolute Gasteiger partial charge is 0.369 e. The molecule has 0 unspecified atom stereocenters. The van der Waals surface area contributed by atoms with Crippen LogP contribution in [-0.2, 0) is 0 Å². The summed E-state index contributed by atoms with van der Waals surface area (Å²) >= 11 is 0. The third-order valence-corrected chi connectivity index (χ3v) is 3.78. The average Bonchev–Trinajstić information content (AvgIpc) is 3.04. The molecule has 0 radical (unpaired) electrons. The molecule has 22 heavy (non-hydrogen) atoms. The zero-order valence-corrected chi connectivity index (χ0v) is 12.1. The van der Waals surface area contributed by atoms with Gasteiger partial charge in [0.05, 0.1) is 11.7 Å². The van der Waals surface area contributed by atoms with Crippen LogP contribution in [0.25, 0.3) is 11.0 Å². The van der Waals surface area contributed by atoms with Gasteiger partial charge in [0.1, 0.15) is 17.2 Å². The Kier molecular flexibility index (Phi) is 3.32. The van der Waals surface area contributed by atoms with Gasteiger partial charge in [0.25, 0.3) is 0 Å². The number of nitrogens with one attached hydrogen (secondary N) is 3. The lowest BCUT2D eigenvalue weighted by molar-refractivity contribution is 0.589. The third-order valence-electron chi connectivity index (χ3n) is 3.78. The molecule has 0 bridgehead atoms. The molecule has 1 fully saturated rings. The van der Waals surface area contributed by atoms with Crippen molar-refractivity contribution in [3.8, 4) is 0 Å². The molecule has 4 rings (SSSR count). The van der Waals surface area contributed by atoms with Crippen LogP contribution in [0, 0.1) is 0 Å². The minimum atomic E-state index is 0.763. The van der Waals surface area contributed by atoms with E-state index in [1.165, 1.54) is 5.69 Å². The molecule has 3 aromatic rings. The van der Waals surface area contributed by atoms with Crippen LogP contribution < -0.4 is 15.5 Å². The lowest BCUT2D eigenvalue weighted by atomic mass is 10.3. The Balaban J connectivity index is 1.56. The van der Waals surface area contributed by atoms with E-state index < -0.39 is 0 Å². The van der Waals surface area contributed by atoms with Gasteiger partial charge >= 0.3 is 0 Å². The summed E-state index contributed by atoms with van der Waals surface area (Å²) in [4.78, 5) is 11.2. The van der Waals surface area contributed by atoms with Crippen molar-refractivity contribution in [3.63, 3.8) is 0 Å². The summed E-state index contributed by atoms with van der Waals surface area (Å²) in [6.45, 7) is 4.07. The number of aromatic amines is 1. The average molecular weight is 295 g/mol. The fraction of sp³-hybridized carbons (Fsp3) is 0.267. The summed E-state index contributed by atoms with van der Waals surface area (Å²) < 4.78 is 0. The third kappa shape index (κ3) is 2.58. The molecule has 7 nitrogen and oxygen atoms in total. The van der Waals surface area contributed by atoms with E-state index in [-0.39, 0.29) is 0 Å². The number of hydrogen-bond donors (Lipinski definition) is 3. The number of piperazine rings is 1. The number of aromatic nitrogens is 4. The Morgan fingerprint density at radius 3 is 2.91 bits per heavy atom. The lowest BCUT2D eigenvalue weighted by Gasteiger charge is -2.29. The van der Waals surface area contributed by atoms with E-state index in [1.54, 1.807) is 6.20 Å². The Labute approximate surface area is 127 Å². The number of H-pyrrole nitrogens is 1. The van der Waals surface area contributed by atoms with Gasteiger partial charge in [0.2, 0.25) is 0 Å². The maximum absolute atomic E-state index is 4.50. The number of pyridine rings is 2. The van der Waals surface area contributed by atoms with E-state index in [0.717, 1.165) is 48.8 Å². The molecule has 0 aliphatic carbocycles. The van der Waals surface area contributed by atoms with Gasteiger partial charge in [0.15, 0.2) is 0 Å². The highest BCUT2D eigenvalue weighted by atomic mass is 15.2. The Morgan fingerprint density at radius 1 is 1.09 bits per heavy atom. The SMILES string of the molecule is c1cc(N2CCNCC2)cc(Nc2ccc3[nH]ncc3n2)n1. The van der Waals surface area contributed by atoms with Crippen molar-refractivity contribution >= 4 is 28.4 Å². The first-order chi connectivity index (χ1) is 10.9. The van der Waals surface area contributed by atoms with E-state index in [2.05, 4.69) is 41.8 Å². The van der Waals surface area contributed by atoms with Gasteiger partial charge in [-0.25, -0.2) is 9.97 Å². The highest BCUT2D eigenvalue weighted by Gasteiger charge is 2.11. The molecule has 3 aromatic heterocycles. The summed E-state index contributed by atoms with van der Waals surface area (Å²) in [7, 11) is 0. The fourth-order valence-electron chi connectivity index (χ4n) is 2.64. The van der Waals surface area contributed by atoms with Crippen LogP contribution in [0.5, 0.6) is 0 Å². The Morgan fingerprint density at radius 2 is 2.00 bits per heavy atom. The molecule has 0 aromatic carbocycles. The standard InChI is InChI=1S/C15H17N7/c1-2-14(19-13-10-18-21-12(1)13)20-15-9-11(3-4-17-15)22-7-5-16-6-8-22/h1-4,9-10,16H,5-8H2,(H,18,21)(H,17,19,20). The van der Waals surface area contributed by atoms with E-state index in [0.29, 0.717) is 0 Å². The topological polar surface area (TPSA) is 81.8 Å². The molecule has 0 saturated carbocycles. The van der Waals surface area contributed by atoms with E-state index in [1.807, 2.05) is 24.4 Å². The van der Waals surface area contributed by atoms with Crippen molar-refractivity contribution in [2.75, 3.05) is 36.4 Å². The van der Waals surface area contributed by atoms with Crippen LogP contribution in [0.2, 0.25) is 0 Å². The molecular weight excluding hydrogens is 278 g/mol. The second kappa shape index (κ2) is 5.61.